The fourth-order valence-electron chi connectivity index (χ4n) is 2.02. The van der Waals surface area contributed by atoms with Crippen molar-refractivity contribution in [3.63, 3.8) is 0 Å². The molecule has 2 rings (SSSR count). The Balaban J connectivity index is 2.61. The highest BCUT2D eigenvalue weighted by Crippen LogP contribution is 2.29. The van der Waals surface area contributed by atoms with Crippen LogP contribution in [-0.4, -0.2) is 6.29 Å². The maximum atomic E-state index is 10.9. The minimum Gasteiger partial charge on any atom is -0.298 e. The standard InChI is InChI=1S/C16H16O/c1-12(2)15-9-8-13(11-17)10-16(15)14-6-4-3-5-7-14/h3-12H,1-2H3. The zero-order valence-corrected chi connectivity index (χ0v) is 10.2. The van der Waals surface area contributed by atoms with Crippen LogP contribution < -0.4 is 0 Å². The maximum absolute atomic E-state index is 10.9. The van der Waals surface area contributed by atoms with Crippen molar-refractivity contribution in [1.82, 2.24) is 0 Å². The van der Waals surface area contributed by atoms with Crippen molar-refractivity contribution in [3.8, 4) is 11.1 Å². The van der Waals surface area contributed by atoms with E-state index in [2.05, 4.69) is 32.0 Å². The molecule has 0 aliphatic rings. The number of aldehydes is 1. The van der Waals surface area contributed by atoms with Crippen LogP contribution in [0.3, 0.4) is 0 Å². The van der Waals surface area contributed by atoms with Crippen LogP contribution in [0.15, 0.2) is 48.5 Å². The molecule has 0 heterocycles. The van der Waals surface area contributed by atoms with Crippen LogP contribution in [0.1, 0.15) is 35.7 Å². The molecule has 1 nitrogen and oxygen atoms in total. The fourth-order valence-corrected chi connectivity index (χ4v) is 2.02. The molecule has 0 aromatic heterocycles. The van der Waals surface area contributed by atoms with Gasteiger partial charge in [0.1, 0.15) is 6.29 Å². The largest absolute Gasteiger partial charge is 0.298 e. The summed E-state index contributed by atoms with van der Waals surface area (Å²) in [4.78, 5) is 10.9. The number of hydrogen-bond donors (Lipinski definition) is 0. The topological polar surface area (TPSA) is 17.1 Å². The second-order valence-corrected chi connectivity index (χ2v) is 4.49. The monoisotopic (exact) mass is 224 g/mol. The minimum absolute atomic E-state index is 0.450. The number of hydrogen-bond acceptors (Lipinski definition) is 1. The lowest BCUT2D eigenvalue weighted by Gasteiger charge is -2.13. The molecule has 0 aliphatic heterocycles. The first-order chi connectivity index (χ1) is 8.22. The van der Waals surface area contributed by atoms with Gasteiger partial charge in [0.05, 0.1) is 0 Å². The van der Waals surface area contributed by atoms with Gasteiger partial charge in [-0.25, -0.2) is 0 Å². The molecule has 0 N–H and O–H groups in total. The van der Waals surface area contributed by atoms with Crippen molar-refractivity contribution in [1.29, 1.82) is 0 Å². The average Bonchev–Trinajstić information content (AvgIpc) is 2.39. The summed E-state index contributed by atoms with van der Waals surface area (Å²) < 4.78 is 0. The molecule has 2 aromatic carbocycles. The van der Waals surface area contributed by atoms with E-state index >= 15 is 0 Å². The Morgan fingerprint density at radius 2 is 1.71 bits per heavy atom. The Bertz CT molecular complexity index is 512. The van der Waals surface area contributed by atoms with Gasteiger partial charge < -0.3 is 0 Å². The zero-order valence-electron chi connectivity index (χ0n) is 10.2. The summed E-state index contributed by atoms with van der Waals surface area (Å²) in [5.41, 5.74) is 4.33. The van der Waals surface area contributed by atoms with Crippen LogP contribution in [0.4, 0.5) is 0 Å². The van der Waals surface area contributed by atoms with Gasteiger partial charge in [-0.15, -0.1) is 0 Å². The Labute approximate surface area is 102 Å². The third kappa shape index (κ3) is 2.44. The molecular formula is C16H16O. The van der Waals surface area contributed by atoms with Gasteiger partial charge in [0, 0.05) is 5.56 Å². The van der Waals surface area contributed by atoms with Gasteiger partial charge in [-0.1, -0.05) is 56.3 Å². The quantitative estimate of drug-likeness (QED) is 0.711. The predicted octanol–water partition coefficient (Wildman–Crippen LogP) is 4.29. The van der Waals surface area contributed by atoms with Crippen LogP contribution in [-0.2, 0) is 0 Å². The Morgan fingerprint density at radius 3 is 2.29 bits per heavy atom. The van der Waals surface area contributed by atoms with Gasteiger partial charge in [0.25, 0.3) is 0 Å². The van der Waals surface area contributed by atoms with Crippen LogP contribution >= 0.6 is 0 Å². The average molecular weight is 224 g/mol. The lowest BCUT2D eigenvalue weighted by atomic mass is 9.91. The first-order valence-electron chi connectivity index (χ1n) is 5.87. The van der Waals surface area contributed by atoms with Crippen molar-refractivity contribution in [3.05, 3.63) is 59.7 Å². The molecule has 0 saturated carbocycles. The zero-order chi connectivity index (χ0) is 12.3. The third-order valence-corrected chi connectivity index (χ3v) is 2.92. The van der Waals surface area contributed by atoms with E-state index in [4.69, 9.17) is 0 Å². The lowest BCUT2D eigenvalue weighted by molar-refractivity contribution is 0.112. The molecule has 0 saturated heterocycles. The van der Waals surface area contributed by atoms with Crippen molar-refractivity contribution < 1.29 is 4.79 Å². The van der Waals surface area contributed by atoms with Crippen molar-refractivity contribution in [2.45, 2.75) is 19.8 Å². The van der Waals surface area contributed by atoms with Crippen molar-refractivity contribution >= 4 is 6.29 Å². The molecule has 0 aliphatic carbocycles. The molecule has 0 radical (unpaired) electrons. The van der Waals surface area contributed by atoms with E-state index in [0.717, 1.165) is 17.4 Å². The van der Waals surface area contributed by atoms with E-state index in [9.17, 15) is 4.79 Å². The first-order valence-corrected chi connectivity index (χ1v) is 5.87. The molecule has 1 heteroatoms. The molecule has 0 amide bonds. The summed E-state index contributed by atoms with van der Waals surface area (Å²) in [6.07, 6.45) is 0.899. The van der Waals surface area contributed by atoms with E-state index in [1.165, 1.54) is 11.1 Å². The minimum atomic E-state index is 0.450. The second kappa shape index (κ2) is 4.96. The highest BCUT2D eigenvalue weighted by atomic mass is 16.1. The molecule has 2 aromatic rings. The SMILES string of the molecule is CC(C)c1ccc(C=O)cc1-c1ccccc1. The summed E-state index contributed by atoms with van der Waals surface area (Å²) in [7, 11) is 0. The molecule has 86 valence electrons. The predicted molar refractivity (Wildman–Crippen MR) is 71.4 cm³/mol. The lowest BCUT2D eigenvalue weighted by Crippen LogP contribution is -1.94. The fraction of sp³-hybridized carbons (Fsp3) is 0.188. The Morgan fingerprint density at radius 1 is 1.00 bits per heavy atom. The number of benzene rings is 2. The summed E-state index contributed by atoms with van der Waals surface area (Å²) >= 11 is 0. The van der Waals surface area contributed by atoms with Gasteiger partial charge in [-0.2, -0.15) is 0 Å². The van der Waals surface area contributed by atoms with Crippen LogP contribution in [0, 0.1) is 0 Å². The summed E-state index contributed by atoms with van der Waals surface area (Å²) in [5.74, 6) is 0.450. The van der Waals surface area contributed by atoms with E-state index < -0.39 is 0 Å². The highest BCUT2D eigenvalue weighted by Gasteiger charge is 2.09. The molecule has 0 bridgehead atoms. The van der Waals surface area contributed by atoms with E-state index in [1.807, 2.05) is 30.3 Å². The van der Waals surface area contributed by atoms with Gasteiger partial charge in [-0.3, -0.25) is 4.79 Å². The van der Waals surface area contributed by atoms with Crippen molar-refractivity contribution in [2.24, 2.45) is 0 Å². The molecule has 17 heavy (non-hydrogen) atoms. The van der Waals surface area contributed by atoms with Gasteiger partial charge >= 0.3 is 0 Å². The molecule has 0 fully saturated rings. The van der Waals surface area contributed by atoms with Crippen LogP contribution in [0.25, 0.3) is 11.1 Å². The second-order valence-electron chi connectivity index (χ2n) is 4.49. The Hall–Kier alpha value is -1.89. The highest BCUT2D eigenvalue weighted by molar-refractivity contribution is 5.80. The smallest absolute Gasteiger partial charge is 0.150 e. The summed E-state index contributed by atoms with van der Waals surface area (Å²) in [5, 5.41) is 0. The first kappa shape index (κ1) is 11.6. The molecule has 0 atom stereocenters. The summed E-state index contributed by atoms with van der Waals surface area (Å²) in [6, 6.07) is 16.1. The van der Waals surface area contributed by atoms with E-state index in [1.54, 1.807) is 0 Å². The number of carbonyl (C=O) groups excluding carboxylic acids is 1. The van der Waals surface area contributed by atoms with E-state index in [0.29, 0.717) is 5.92 Å². The number of carbonyl (C=O) groups is 1. The van der Waals surface area contributed by atoms with Crippen LogP contribution in [0.5, 0.6) is 0 Å². The molecule has 0 unspecified atom stereocenters. The van der Waals surface area contributed by atoms with E-state index in [-0.39, 0.29) is 0 Å². The summed E-state index contributed by atoms with van der Waals surface area (Å²) in [6.45, 7) is 4.34. The van der Waals surface area contributed by atoms with Crippen molar-refractivity contribution in [2.75, 3.05) is 0 Å². The van der Waals surface area contributed by atoms with Gasteiger partial charge in [-0.05, 0) is 28.7 Å². The maximum Gasteiger partial charge on any atom is 0.150 e. The Kier molecular flexibility index (Phi) is 3.38. The molecular weight excluding hydrogens is 208 g/mol. The van der Waals surface area contributed by atoms with Gasteiger partial charge in [0.15, 0.2) is 0 Å². The van der Waals surface area contributed by atoms with Crippen LogP contribution in [0.2, 0.25) is 0 Å². The van der Waals surface area contributed by atoms with Gasteiger partial charge in [0.2, 0.25) is 0 Å². The third-order valence-electron chi connectivity index (χ3n) is 2.92. The molecule has 0 spiro atoms. The normalized spacial score (nSPS) is 10.5. The number of rotatable bonds is 3.